The summed E-state index contributed by atoms with van der Waals surface area (Å²) in [7, 11) is 0. The second-order valence-electron chi connectivity index (χ2n) is 5.32. The fourth-order valence-corrected chi connectivity index (χ4v) is 3.22. The first kappa shape index (κ1) is 15.5. The minimum Gasteiger partial charge on any atom is -0.349 e. The smallest absolute Gasteiger partial charge is 0.228 e. The van der Waals surface area contributed by atoms with Gasteiger partial charge < -0.3 is 11.1 Å². The normalized spacial score (nSPS) is 18.7. The van der Waals surface area contributed by atoms with Crippen molar-refractivity contribution < 1.29 is 4.79 Å². The molecule has 5 heteroatoms. The molecule has 102 valence electrons. The second-order valence-corrected chi connectivity index (χ2v) is 6.32. The van der Waals surface area contributed by atoms with Crippen LogP contribution in [0, 0.1) is 0 Å². The van der Waals surface area contributed by atoms with Crippen LogP contribution in [0.5, 0.6) is 0 Å². The molecule has 0 aromatic carbocycles. The van der Waals surface area contributed by atoms with Gasteiger partial charge in [-0.05, 0) is 50.1 Å². The molecule has 1 aromatic heterocycles. The van der Waals surface area contributed by atoms with E-state index >= 15 is 0 Å². The molecule has 3 nitrogen and oxygen atoms in total. The Bertz CT molecular complexity index is 417. The summed E-state index contributed by atoms with van der Waals surface area (Å²) in [5.74, 6) is 0.149. The molecule has 0 spiro atoms. The predicted molar refractivity (Wildman–Crippen MR) is 78.5 cm³/mol. The van der Waals surface area contributed by atoms with Crippen molar-refractivity contribution >= 4 is 29.7 Å². The Balaban J connectivity index is 0.00000162. The van der Waals surface area contributed by atoms with Crippen molar-refractivity contribution in [1.82, 2.24) is 5.32 Å². The van der Waals surface area contributed by atoms with E-state index in [0.29, 0.717) is 6.54 Å². The zero-order valence-electron chi connectivity index (χ0n) is 10.9. The quantitative estimate of drug-likeness (QED) is 0.898. The van der Waals surface area contributed by atoms with Crippen LogP contribution in [0.1, 0.15) is 43.0 Å². The summed E-state index contributed by atoms with van der Waals surface area (Å²) < 4.78 is 0. The van der Waals surface area contributed by atoms with Gasteiger partial charge in [0.25, 0.3) is 0 Å². The molecular weight excluding hydrogens is 268 g/mol. The first-order valence-corrected chi connectivity index (χ1v) is 7.00. The minimum absolute atomic E-state index is 0. The van der Waals surface area contributed by atoms with Crippen molar-refractivity contribution in [3.05, 3.63) is 21.9 Å². The van der Waals surface area contributed by atoms with Gasteiger partial charge in [-0.1, -0.05) is 0 Å². The van der Waals surface area contributed by atoms with Gasteiger partial charge >= 0.3 is 0 Å². The van der Waals surface area contributed by atoms with Crippen molar-refractivity contribution in [1.29, 1.82) is 0 Å². The van der Waals surface area contributed by atoms with Gasteiger partial charge in [-0.3, -0.25) is 4.79 Å². The molecule has 0 radical (unpaired) electrons. The van der Waals surface area contributed by atoms with Gasteiger partial charge in [0.1, 0.15) is 0 Å². The Morgan fingerprint density at radius 1 is 1.61 bits per heavy atom. The van der Waals surface area contributed by atoms with E-state index in [1.165, 1.54) is 10.4 Å². The summed E-state index contributed by atoms with van der Waals surface area (Å²) in [6.45, 7) is 4.38. The van der Waals surface area contributed by atoms with Crippen LogP contribution in [0.4, 0.5) is 0 Å². The Morgan fingerprint density at radius 3 is 3.00 bits per heavy atom. The standard InChI is InChI=1S/C13H20N2OS.ClH/c1-13(2,8-14)15-12(16)10-4-3-5-11-9(10)6-7-17-11;/h6-7,10H,3-5,8,14H2,1-2H3,(H,15,16);1H. The fourth-order valence-electron chi connectivity index (χ4n) is 2.23. The van der Waals surface area contributed by atoms with Gasteiger partial charge in [-0.2, -0.15) is 0 Å². The molecule has 1 aliphatic carbocycles. The Labute approximate surface area is 119 Å². The van der Waals surface area contributed by atoms with Crippen LogP contribution in [0.15, 0.2) is 11.4 Å². The number of hydrogen-bond donors (Lipinski definition) is 2. The summed E-state index contributed by atoms with van der Waals surface area (Å²) in [6, 6.07) is 2.10. The first-order chi connectivity index (χ1) is 8.03. The summed E-state index contributed by atoms with van der Waals surface area (Å²) in [6.07, 6.45) is 3.18. The molecule has 0 aliphatic heterocycles. The molecule has 0 fully saturated rings. The Hall–Kier alpha value is -0.580. The van der Waals surface area contributed by atoms with E-state index < -0.39 is 0 Å². The van der Waals surface area contributed by atoms with E-state index in [2.05, 4.69) is 16.8 Å². The van der Waals surface area contributed by atoms with Gasteiger partial charge in [0.2, 0.25) is 5.91 Å². The highest BCUT2D eigenvalue weighted by Gasteiger charge is 2.30. The molecule has 1 heterocycles. The van der Waals surface area contributed by atoms with E-state index in [1.807, 2.05) is 13.8 Å². The van der Waals surface area contributed by atoms with Crippen LogP contribution in [0.3, 0.4) is 0 Å². The number of aryl methyl sites for hydroxylation is 1. The molecule has 0 saturated carbocycles. The molecule has 1 aromatic rings. The highest BCUT2D eigenvalue weighted by Crippen LogP contribution is 2.35. The lowest BCUT2D eigenvalue weighted by molar-refractivity contribution is -0.124. The van der Waals surface area contributed by atoms with Crippen LogP contribution in [0.2, 0.25) is 0 Å². The molecule has 1 aliphatic rings. The van der Waals surface area contributed by atoms with Crippen molar-refractivity contribution in [2.24, 2.45) is 5.73 Å². The highest BCUT2D eigenvalue weighted by molar-refractivity contribution is 7.10. The SMILES string of the molecule is CC(C)(CN)NC(=O)C1CCCc2sccc21.Cl. The molecule has 1 atom stereocenters. The molecule has 3 N–H and O–H groups in total. The fraction of sp³-hybridized carbons (Fsp3) is 0.615. The number of hydrogen-bond acceptors (Lipinski definition) is 3. The molecule has 1 unspecified atom stereocenters. The number of rotatable bonds is 3. The number of thiophene rings is 1. The van der Waals surface area contributed by atoms with Crippen LogP contribution >= 0.6 is 23.7 Å². The van der Waals surface area contributed by atoms with Gasteiger partial charge in [0.15, 0.2) is 0 Å². The summed E-state index contributed by atoms with van der Waals surface area (Å²) in [5.41, 5.74) is 6.56. The third kappa shape index (κ3) is 3.25. The maximum atomic E-state index is 12.3. The maximum Gasteiger partial charge on any atom is 0.228 e. The van der Waals surface area contributed by atoms with E-state index in [9.17, 15) is 4.79 Å². The summed E-state index contributed by atoms with van der Waals surface area (Å²) in [5, 5.41) is 5.13. The number of fused-ring (bicyclic) bond motifs is 1. The van der Waals surface area contributed by atoms with Crippen molar-refractivity contribution in [2.45, 2.75) is 44.6 Å². The Kier molecular flexibility index (Phi) is 5.20. The lowest BCUT2D eigenvalue weighted by atomic mass is 9.86. The summed E-state index contributed by atoms with van der Waals surface area (Å²) in [4.78, 5) is 13.6. The predicted octanol–water partition coefficient (Wildman–Crippen LogP) is 2.44. The average Bonchev–Trinajstić information content (AvgIpc) is 2.76. The van der Waals surface area contributed by atoms with Crippen LogP contribution < -0.4 is 11.1 Å². The van der Waals surface area contributed by atoms with E-state index in [1.54, 1.807) is 11.3 Å². The lowest BCUT2D eigenvalue weighted by Crippen LogP contribution is -2.50. The molecule has 1 amide bonds. The van der Waals surface area contributed by atoms with Crippen LogP contribution in [0.25, 0.3) is 0 Å². The summed E-state index contributed by atoms with van der Waals surface area (Å²) >= 11 is 1.77. The molecule has 2 rings (SSSR count). The van der Waals surface area contributed by atoms with Crippen molar-refractivity contribution in [2.75, 3.05) is 6.54 Å². The number of carbonyl (C=O) groups excluding carboxylic acids is 1. The third-order valence-electron chi connectivity index (χ3n) is 3.34. The maximum absolute atomic E-state index is 12.3. The molecule has 18 heavy (non-hydrogen) atoms. The number of halogens is 1. The zero-order chi connectivity index (χ0) is 12.5. The second kappa shape index (κ2) is 6.04. The van der Waals surface area contributed by atoms with Crippen molar-refractivity contribution in [3.63, 3.8) is 0 Å². The van der Waals surface area contributed by atoms with Gasteiger partial charge in [0, 0.05) is 17.0 Å². The van der Waals surface area contributed by atoms with E-state index in [-0.39, 0.29) is 29.8 Å². The van der Waals surface area contributed by atoms with E-state index in [4.69, 9.17) is 5.73 Å². The van der Waals surface area contributed by atoms with Crippen LogP contribution in [-0.2, 0) is 11.2 Å². The first-order valence-electron chi connectivity index (χ1n) is 6.12. The Morgan fingerprint density at radius 2 is 2.33 bits per heavy atom. The largest absolute Gasteiger partial charge is 0.349 e. The van der Waals surface area contributed by atoms with Gasteiger partial charge in [-0.25, -0.2) is 0 Å². The van der Waals surface area contributed by atoms with Crippen molar-refractivity contribution in [3.8, 4) is 0 Å². The van der Waals surface area contributed by atoms with Gasteiger partial charge in [-0.15, -0.1) is 23.7 Å². The zero-order valence-corrected chi connectivity index (χ0v) is 12.5. The molecule has 0 bridgehead atoms. The monoisotopic (exact) mass is 288 g/mol. The lowest BCUT2D eigenvalue weighted by Gasteiger charge is -2.29. The minimum atomic E-state index is -0.315. The topological polar surface area (TPSA) is 55.1 Å². The number of nitrogens with two attached hydrogens (primary N) is 1. The number of carbonyl (C=O) groups is 1. The number of nitrogens with one attached hydrogen (secondary N) is 1. The highest BCUT2D eigenvalue weighted by atomic mass is 35.5. The van der Waals surface area contributed by atoms with Crippen LogP contribution in [-0.4, -0.2) is 18.0 Å². The molecule has 0 saturated heterocycles. The third-order valence-corrected chi connectivity index (χ3v) is 4.34. The molecular formula is C13H21ClN2OS. The average molecular weight is 289 g/mol. The van der Waals surface area contributed by atoms with E-state index in [0.717, 1.165) is 19.3 Å². The van der Waals surface area contributed by atoms with Gasteiger partial charge in [0.05, 0.1) is 5.92 Å². The number of amides is 1.